The summed E-state index contributed by atoms with van der Waals surface area (Å²) < 4.78 is 23.2. The summed E-state index contributed by atoms with van der Waals surface area (Å²) in [5, 5.41) is 8.52. The van der Waals surface area contributed by atoms with Crippen molar-refractivity contribution in [2.75, 3.05) is 12.4 Å². The fourth-order valence-corrected chi connectivity index (χ4v) is 1.21. The summed E-state index contributed by atoms with van der Waals surface area (Å²) in [4.78, 5) is 19.5. The van der Waals surface area contributed by atoms with Crippen molar-refractivity contribution < 1.29 is 23.1 Å². The Labute approximate surface area is 106 Å². The first-order valence-corrected chi connectivity index (χ1v) is 6.28. The quantitative estimate of drug-likeness (QED) is 0.387. The predicted molar refractivity (Wildman–Crippen MR) is 62.5 cm³/mol. The number of halogens is 1. The Morgan fingerprint density at radius 3 is 2.29 bits per heavy atom. The van der Waals surface area contributed by atoms with Crippen molar-refractivity contribution in [3.63, 3.8) is 0 Å². The molecule has 0 spiro atoms. The third-order valence-corrected chi connectivity index (χ3v) is 2.05. The SMILES string of the molecule is NCCCCC(N=S(=O)=O)C(=O)O.O=CCCl. The first-order valence-electron chi connectivity index (χ1n) is 4.72. The lowest BCUT2D eigenvalue weighted by molar-refractivity contribution is -0.138. The fraction of sp³-hybridized carbons (Fsp3) is 0.750. The first-order chi connectivity index (χ1) is 7.99. The third-order valence-electron chi connectivity index (χ3n) is 1.49. The Kier molecular flexibility index (Phi) is 14.1. The molecule has 0 aromatic heterocycles. The maximum absolute atomic E-state index is 10.4. The first kappa shape index (κ1) is 18.4. The molecule has 0 saturated heterocycles. The number of aliphatic carboxylic acids is 1. The van der Waals surface area contributed by atoms with Gasteiger partial charge in [-0.1, -0.05) is 0 Å². The topological polar surface area (TPSA) is 127 Å². The molecule has 0 rings (SSSR count). The van der Waals surface area contributed by atoms with Gasteiger partial charge in [0.15, 0.2) is 6.04 Å². The highest BCUT2D eigenvalue weighted by Crippen LogP contribution is 2.04. The zero-order chi connectivity index (χ0) is 13.7. The molecule has 0 radical (unpaired) electrons. The molecule has 0 heterocycles. The lowest BCUT2D eigenvalue weighted by Crippen LogP contribution is -2.17. The molecule has 0 amide bonds. The molecule has 0 saturated carbocycles. The summed E-state index contributed by atoms with van der Waals surface area (Å²) in [5.41, 5.74) is 5.19. The van der Waals surface area contributed by atoms with Gasteiger partial charge in [0.25, 0.3) is 0 Å². The molecule has 1 atom stereocenters. The number of alkyl halides is 1. The van der Waals surface area contributed by atoms with Gasteiger partial charge in [-0.25, -0.2) is 4.79 Å². The number of nitrogens with two attached hydrogens (primary N) is 1. The van der Waals surface area contributed by atoms with E-state index < -0.39 is 22.5 Å². The van der Waals surface area contributed by atoms with E-state index in [2.05, 4.69) is 4.36 Å². The highest BCUT2D eigenvalue weighted by Gasteiger charge is 2.15. The molecular weight excluding hydrogens is 272 g/mol. The minimum absolute atomic E-state index is 0.111. The van der Waals surface area contributed by atoms with Crippen molar-refractivity contribution in [3.8, 4) is 0 Å². The predicted octanol–water partition coefficient (Wildman–Crippen LogP) is 0.0554. The molecule has 3 N–H and O–H groups in total. The summed E-state index contributed by atoms with van der Waals surface area (Å²) in [6.45, 7) is 0.465. The number of aldehydes is 1. The average molecular weight is 287 g/mol. The van der Waals surface area contributed by atoms with Crippen molar-refractivity contribution in [1.29, 1.82) is 0 Å². The zero-order valence-corrected chi connectivity index (χ0v) is 10.7. The summed E-state index contributed by atoms with van der Waals surface area (Å²) in [6.07, 6.45) is 2.08. The van der Waals surface area contributed by atoms with Gasteiger partial charge in [0.1, 0.15) is 6.29 Å². The molecule has 0 aliphatic rings. The Balaban J connectivity index is 0. The number of carboxylic acids is 1. The molecule has 100 valence electrons. The molecule has 7 nitrogen and oxygen atoms in total. The van der Waals surface area contributed by atoms with Crippen LogP contribution < -0.4 is 5.73 Å². The van der Waals surface area contributed by atoms with Crippen LogP contribution in [0.15, 0.2) is 4.36 Å². The Morgan fingerprint density at radius 2 is 2.00 bits per heavy atom. The van der Waals surface area contributed by atoms with Gasteiger partial charge < -0.3 is 15.6 Å². The van der Waals surface area contributed by atoms with E-state index in [1.54, 1.807) is 0 Å². The number of hydrogen-bond donors (Lipinski definition) is 2. The van der Waals surface area contributed by atoms with Crippen LogP contribution in [0.1, 0.15) is 19.3 Å². The average Bonchev–Trinajstić information content (AvgIpc) is 2.27. The van der Waals surface area contributed by atoms with E-state index in [9.17, 15) is 13.2 Å². The van der Waals surface area contributed by atoms with Gasteiger partial charge in [-0.2, -0.15) is 12.8 Å². The van der Waals surface area contributed by atoms with Gasteiger partial charge in [-0.15, -0.1) is 11.6 Å². The molecule has 1 unspecified atom stereocenters. The summed E-state index contributed by atoms with van der Waals surface area (Å²) in [5.74, 6) is -1.11. The van der Waals surface area contributed by atoms with Crippen LogP contribution in [0.3, 0.4) is 0 Å². The van der Waals surface area contributed by atoms with E-state index in [-0.39, 0.29) is 12.3 Å². The molecule has 0 fully saturated rings. The molecule has 0 aromatic carbocycles. The van der Waals surface area contributed by atoms with Crippen LogP contribution in [0.2, 0.25) is 0 Å². The number of unbranched alkanes of at least 4 members (excludes halogenated alkanes) is 1. The lowest BCUT2D eigenvalue weighted by Gasteiger charge is -2.02. The Hall–Kier alpha value is -0.990. The van der Waals surface area contributed by atoms with E-state index in [1.165, 1.54) is 0 Å². The maximum atomic E-state index is 10.4. The van der Waals surface area contributed by atoms with E-state index in [0.29, 0.717) is 25.7 Å². The van der Waals surface area contributed by atoms with Crippen molar-refractivity contribution in [2.45, 2.75) is 25.3 Å². The zero-order valence-electron chi connectivity index (χ0n) is 9.08. The standard InChI is InChI=1S/C6H12N2O4S.C2H3ClO/c7-4-2-1-3-5(6(9)10)8-13(11)12;3-1-2-4/h5H,1-4,7H2,(H,9,10);2H,1H2. The van der Waals surface area contributed by atoms with E-state index in [1.807, 2.05) is 0 Å². The summed E-state index contributed by atoms with van der Waals surface area (Å²) >= 11 is 4.82. The van der Waals surface area contributed by atoms with Gasteiger partial charge in [0.2, 0.25) is 0 Å². The van der Waals surface area contributed by atoms with Crippen molar-refractivity contribution in [1.82, 2.24) is 0 Å². The minimum Gasteiger partial charge on any atom is -0.480 e. The van der Waals surface area contributed by atoms with Gasteiger partial charge in [-0.05, 0) is 25.8 Å². The van der Waals surface area contributed by atoms with Gasteiger partial charge in [-0.3, -0.25) is 0 Å². The van der Waals surface area contributed by atoms with Crippen LogP contribution in [0.4, 0.5) is 0 Å². The Morgan fingerprint density at radius 1 is 1.47 bits per heavy atom. The number of carbonyl (C=O) groups is 2. The second-order valence-electron chi connectivity index (χ2n) is 2.78. The molecule has 0 aliphatic carbocycles. The van der Waals surface area contributed by atoms with Crippen molar-refractivity contribution in [2.24, 2.45) is 10.1 Å². The molecule has 9 heteroatoms. The highest BCUT2D eigenvalue weighted by molar-refractivity contribution is 7.61. The minimum atomic E-state index is -2.66. The van der Waals surface area contributed by atoms with E-state index >= 15 is 0 Å². The highest BCUT2D eigenvalue weighted by atomic mass is 35.5. The number of rotatable bonds is 7. The maximum Gasteiger partial charge on any atom is 0.329 e. The number of nitrogens with zero attached hydrogens (tertiary/aromatic N) is 1. The molecule has 17 heavy (non-hydrogen) atoms. The lowest BCUT2D eigenvalue weighted by atomic mass is 10.1. The van der Waals surface area contributed by atoms with Crippen LogP contribution in [0.25, 0.3) is 0 Å². The van der Waals surface area contributed by atoms with Crippen molar-refractivity contribution >= 4 is 34.4 Å². The van der Waals surface area contributed by atoms with Crippen molar-refractivity contribution in [3.05, 3.63) is 0 Å². The number of carbonyl (C=O) groups excluding carboxylic acids is 1. The largest absolute Gasteiger partial charge is 0.480 e. The van der Waals surface area contributed by atoms with Crippen LogP contribution in [0, 0.1) is 0 Å². The second kappa shape index (κ2) is 13.1. The van der Waals surface area contributed by atoms with Gasteiger partial charge >= 0.3 is 16.5 Å². The second-order valence-corrected chi connectivity index (χ2v) is 3.74. The fourth-order valence-electron chi connectivity index (χ4n) is 0.807. The summed E-state index contributed by atoms with van der Waals surface area (Å²) in [6, 6.07) is -1.16. The van der Waals surface area contributed by atoms with Crippen LogP contribution in [0.5, 0.6) is 0 Å². The number of carboxylic acid groups (broad SMARTS) is 1. The molecule has 0 aromatic rings. The number of hydrogen-bond acceptors (Lipinski definition) is 6. The Bertz CT molecular complexity index is 336. The van der Waals surface area contributed by atoms with Gasteiger partial charge in [0, 0.05) is 0 Å². The van der Waals surface area contributed by atoms with Gasteiger partial charge in [0.05, 0.1) is 5.88 Å². The normalized spacial score (nSPS) is 10.7. The third kappa shape index (κ3) is 15.0. The van der Waals surface area contributed by atoms with E-state index in [4.69, 9.17) is 27.2 Å². The monoisotopic (exact) mass is 286 g/mol. The molecule has 0 aliphatic heterocycles. The van der Waals surface area contributed by atoms with Crippen LogP contribution in [-0.4, -0.2) is 44.2 Å². The summed E-state index contributed by atoms with van der Waals surface area (Å²) in [7, 11) is -2.66. The van der Waals surface area contributed by atoms with E-state index in [0.717, 1.165) is 0 Å². The van der Waals surface area contributed by atoms with Crippen LogP contribution >= 0.6 is 11.6 Å². The smallest absolute Gasteiger partial charge is 0.329 e. The van der Waals surface area contributed by atoms with Crippen LogP contribution in [-0.2, 0) is 20.1 Å². The molecule has 0 bridgehead atoms. The molecular formula is C8H15ClN2O5S.